The first-order valence-electron chi connectivity index (χ1n) is 8.54. The summed E-state index contributed by atoms with van der Waals surface area (Å²) in [5.74, 6) is -0.529. The van der Waals surface area contributed by atoms with Crippen LogP contribution in [0.2, 0.25) is 0 Å². The van der Waals surface area contributed by atoms with Crippen molar-refractivity contribution >= 4 is 24.2 Å². The first kappa shape index (κ1) is 19.9. The lowest BCUT2D eigenvalue weighted by molar-refractivity contribution is -0.122. The normalized spacial score (nSPS) is 11.0. The fraction of sp³-hybridized carbons (Fsp3) is 0.263. The number of nitrogens with zero attached hydrogens (tertiary/aromatic N) is 4. The van der Waals surface area contributed by atoms with Crippen LogP contribution in [-0.4, -0.2) is 34.2 Å². The Bertz CT molecular complexity index is 778. The lowest BCUT2D eigenvalue weighted by atomic mass is 10.2. The second kappa shape index (κ2) is 10.5. The molecule has 0 bridgehead atoms. The minimum Gasteiger partial charge on any atom is -0.273 e. The molecule has 0 fully saturated rings. The number of hydrazone groups is 2. The van der Waals surface area contributed by atoms with Crippen LogP contribution in [-0.2, 0) is 9.59 Å². The van der Waals surface area contributed by atoms with Gasteiger partial charge >= 0.3 is 0 Å². The smallest absolute Gasteiger partial charge is 0.240 e. The summed E-state index contributed by atoms with van der Waals surface area (Å²) in [7, 11) is 0. The molecular weight excluding hydrogens is 344 g/mol. The van der Waals surface area contributed by atoms with Crippen LogP contribution < -0.4 is 10.9 Å². The van der Waals surface area contributed by atoms with Crippen LogP contribution in [0.4, 0.5) is 0 Å². The standard InChI is InChI=1S/C19H22N6O2/c1-14-6-3-8-16(22-14)12-20-24-18(26)10-5-11-19(27)25-21-13-17-9-4-7-15(2)23-17/h3-4,6-9,12-13H,5,10-11H2,1-2H3,(H,24,26)(H,25,27)/b20-12+,21-13+. The maximum atomic E-state index is 11.7. The van der Waals surface area contributed by atoms with E-state index in [4.69, 9.17) is 0 Å². The fourth-order valence-corrected chi connectivity index (χ4v) is 2.13. The van der Waals surface area contributed by atoms with Gasteiger partial charge in [-0.1, -0.05) is 12.1 Å². The molecule has 0 aromatic carbocycles. The second-order valence-electron chi connectivity index (χ2n) is 5.85. The van der Waals surface area contributed by atoms with Gasteiger partial charge in [0.2, 0.25) is 11.8 Å². The van der Waals surface area contributed by atoms with Gasteiger partial charge in [-0.2, -0.15) is 10.2 Å². The molecule has 0 spiro atoms. The Kier molecular flexibility index (Phi) is 7.77. The molecule has 0 aliphatic carbocycles. The van der Waals surface area contributed by atoms with E-state index in [1.807, 2.05) is 38.1 Å². The molecule has 0 saturated carbocycles. The summed E-state index contributed by atoms with van der Waals surface area (Å²) >= 11 is 0. The maximum absolute atomic E-state index is 11.7. The predicted octanol–water partition coefficient (Wildman–Crippen LogP) is 1.86. The van der Waals surface area contributed by atoms with Crippen LogP contribution in [0.15, 0.2) is 46.6 Å². The molecule has 27 heavy (non-hydrogen) atoms. The third kappa shape index (κ3) is 8.00. The number of hydrogen-bond donors (Lipinski definition) is 2. The quantitative estimate of drug-likeness (QED) is 0.549. The Labute approximate surface area is 157 Å². The summed E-state index contributed by atoms with van der Waals surface area (Å²) in [6.45, 7) is 3.75. The maximum Gasteiger partial charge on any atom is 0.240 e. The highest BCUT2D eigenvalue weighted by atomic mass is 16.2. The number of pyridine rings is 2. The molecule has 2 aromatic heterocycles. The van der Waals surface area contributed by atoms with E-state index in [0.717, 1.165) is 11.4 Å². The van der Waals surface area contributed by atoms with Crippen molar-refractivity contribution < 1.29 is 9.59 Å². The van der Waals surface area contributed by atoms with E-state index in [-0.39, 0.29) is 24.7 Å². The van der Waals surface area contributed by atoms with Gasteiger partial charge in [-0.3, -0.25) is 19.6 Å². The van der Waals surface area contributed by atoms with E-state index in [2.05, 4.69) is 31.0 Å². The lowest BCUT2D eigenvalue weighted by Crippen LogP contribution is -2.20. The van der Waals surface area contributed by atoms with Crippen molar-refractivity contribution in [3.8, 4) is 0 Å². The minimum atomic E-state index is -0.265. The highest BCUT2D eigenvalue weighted by Crippen LogP contribution is 1.97. The molecule has 0 aliphatic heterocycles. The Hall–Kier alpha value is -3.42. The summed E-state index contributed by atoms with van der Waals surface area (Å²) in [5, 5.41) is 7.71. The topological polar surface area (TPSA) is 109 Å². The van der Waals surface area contributed by atoms with E-state index < -0.39 is 0 Å². The van der Waals surface area contributed by atoms with Crippen LogP contribution in [0.1, 0.15) is 42.0 Å². The number of amides is 2. The number of aryl methyl sites for hydroxylation is 2. The average molecular weight is 366 g/mol. The largest absolute Gasteiger partial charge is 0.273 e. The molecule has 0 atom stereocenters. The first-order chi connectivity index (χ1) is 13.0. The molecule has 2 aromatic rings. The Morgan fingerprint density at radius 3 is 1.70 bits per heavy atom. The third-order valence-electron chi connectivity index (χ3n) is 3.40. The fourth-order valence-electron chi connectivity index (χ4n) is 2.13. The van der Waals surface area contributed by atoms with Crippen molar-refractivity contribution in [1.82, 2.24) is 20.8 Å². The molecule has 2 amide bonds. The molecule has 8 heteroatoms. The molecule has 0 aliphatic rings. The van der Waals surface area contributed by atoms with Gasteiger partial charge in [0.15, 0.2) is 0 Å². The summed E-state index contributed by atoms with van der Waals surface area (Å²) in [4.78, 5) is 31.9. The molecule has 140 valence electrons. The van der Waals surface area contributed by atoms with Crippen molar-refractivity contribution in [3.63, 3.8) is 0 Å². The first-order valence-corrected chi connectivity index (χ1v) is 8.54. The van der Waals surface area contributed by atoms with Crippen LogP contribution in [0, 0.1) is 13.8 Å². The molecule has 2 N–H and O–H groups in total. The van der Waals surface area contributed by atoms with Crippen LogP contribution in [0.3, 0.4) is 0 Å². The zero-order valence-electron chi connectivity index (χ0n) is 15.3. The molecule has 0 unspecified atom stereocenters. The van der Waals surface area contributed by atoms with Crippen molar-refractivity contribution in [3.05, 3.63) is 59.2 Å². The van der Waals surface area contributed by atoms with Gasteiger partial charge < -0.3 is 0 Å². The Morgan fingerprint density at radius 2 is 1.30 bits per heavy atom. The molecular formula is C19H22N6O2. The van der Waals surface area contributed by atoms with Crippen LogP contribution in [0.25, 0.3) is 0 Å². The molecule has 0 saturated heterocycles. The Balaban J connectivity index is 1.63. The SMILES string of the molecule is Cc1cccc(/C=N/NC(=O)CCCC(=O)N/N=C/c2cccc(C)n2)n1. The lowest BCUT2D eigenvalue weighted by Gasteiger charge is -2.01. The van der Waals surface area contributed by atoms with Gasteiger partial charge in [-0.15, -0.1) is 0 Å². The molecule has 0 radical (unpaired) electrons. The van der Waals surface area contributed by atoms with Crippen molar-refractivity contribution in [1.29, 1.82) is 0 Å². The summed E-state index contributed by atoms with van der Waals surface area (Å²) in [6.07, 6.45) is 3.73. The number of hydrogen-bond acceptors (Lipinski definition) is 6. The number of rotatable bonds is 8. The Morgan fingerprint density at radius 1 is 0.852 bits per heavy atom. The summed E-state index contributed by atoms with van der Waals surface area (Å²) in [5.41, 5.74) is 7.90. The summed E-state index contributed by atoms with van der Waals surface area (Å²) in [6, 6.07) is 11.1. The van der Waals surface area contributed by atoms with Crippen molar-refractivity contribution in [2.45, 2.75) is 33.1 Å². The molecule has 2 heterocycles. The second-order valence-corrected chi connectivity index (χ2v) is 5.85. The van der Waals surface area contributed by atoms with Crippen molar-refractivity contribution in [2.24, 2.45) is 10.2 Å². The number of carbonyl (C=O) groups is 2. The van der Waals surface area contributed by atoms with E-state index >= 15 is 0 Å². The van der Waals surface area contributed by atoms with Gasteiger partial charge in [0, 0.05) is 24.2 Å². The molecule has 2 rings (SSSR count). The van der Waals surface area contributed by atoms with E-state index in [9.17, 15) is 9.59 Å². The predicted molar refractivity (Wildman–Crippen MR) is 103 cm³/mol. The number of carbonyl (C=O) groups excluding carboxylic acids is 2. The van der Waals surface area contributed by atoms with Gasteiger partial charge in [0.05, 0.1) is 23.8 Å². The van der Waals surface area contributed by atoms with Gasteiger partial charge in [0.1, 0.15) is 0 Å². The van der Waals surface area contributed by atoms with Crippen molar-refractivity contribution in [2.75, 3.05) is 0 Å². The van der Waals surface area contributed by atoms with E-state index in [1.165, 1.54) is 12.4 Å². The van der Waals surface area contributed by atoms with Gasteiger partial charge in [0.25, 0.3) is 0 Å². The van der Waals surface area contributed by atoms with Gasteiger partial charge in [-0.25, -0.2) is 10.9 Å². The highest BCUT2D eigenvalue weighted by Gasteiger charge is 2.04. The number of aromatic nitrogens is 2. The zero-order valence-corrected chi connectivity index (χ0v) is 15.3. The van der Waals surface area contributed by atoms with Crippen LogP contribution in [0.5, 0.6) is 0 Å². The molecule has 8 nitrogen and oxygen atoms in total. The minimum absolute atomic E-state index is 0.190. The van der Waals surface area contributed by atoms with Gasteiger partial charge in [-0.05, 0) is 44.5 Å². The summed E-state index contributed by atoms with van der Waals surface area (Å²) < 4.78 is 0. The monoisotopic (exact) mass is 366 g/mol. The van der Waals surface area contributed by atoms with Crippen LogP contribution >= 0.6 is 0 Å². The average Bonchev–Trinajstić information content (AvgIpc) is 2.62. The van der Waals surface area contributed by atoms with E-state index in [0.29, 0.717) is 17.8 Å². The third-order valence-corrected chi connectivity index (χ3v) is 3.40. The number of nitrogens with one attached hydrogen (secondary N) is 2. The zero-order chi connectivity index (χ0) is 19.5. The highest BCUT2D eigenvalue weighted by molar-refractivity contribution is 5.82. The van der Waals surface area contributed by atoms with E-state index in [1.54, 1.807) is 12.1 Å².